The zero-order valence-corrected chi connectivity index (χ0v) is 10.7. The fourth-order valence-electron chi connectivity index (χ4n) is 0.632. The number of allylic oxidation sites excluding steroid dienone is 1. The molecule has 0 bridgehead atoms. The minimum atomic E-state index is -0.708. The summed E-state index contributed by atoms with van der Waals surface area (Å²) in [7, 11) is 0. The minimum Gasteiger partial charge on any atom is -0.461 e. The summed E-state index contributed by atoms with van der Waals surface area (Å²) in [6.07, 6.45) is 2.88. The van der Waals surface area contributed by atoms with E-state index in [1.807, 2.05) is 0 Å². The van der Waals surface area contributed by atoms with Gasteiger partial charge in [-0.15, -0.1) is 0 Å². The van der Waals surface area contributed by atoms with Gasteiger partial charge in [0, 0.05) is 6.08 Å². The number of carbonyl (C=O) groups is 2. The molecule has 0 spiro atoms. The third kappa shape index (κ3) is 7.13. The number of hydrogen-bond acceptors (Lipinski definition) is 4. The molecular formula is C10H15BrO4. The predicted molar refractivity (Wildman–Crippen MR) is 59.7 cm³/mol. The molecule has 0 atom stereocenters. The quantitative estimate of drug-likeness (QED) is 0.333. The number of carbonyl (C=O) groups excluding carboxylic acids is 2. The summed E-state index contributed by atoms with van der Waals surface area (Å²) in [5, 5.41) is 0. The number of esters is 2. The molecule has 0 aromatic rings. The van der Waals surface area contributed by atoms with E-state index in [-0.39, 0.29) is 19.2 Å². The molecule has 5 heteroatoms. The van der Waals surface area contributed by atoms with Crippen molar-refractivity contribution in [1.82, 2.24) is 0 Å². The first kappa shape index (κ1) is 14.2. The standard InChI is InChI=1S/C10H15BrO4/c1-4-5-8(12)14-6-7-15-9(13)10(2,3)11/h4-5H,6-7H2,1-3H3. The summed E-state index contributed by atoms with van der Waals surface area (Å²) in [5.41, 5.74) is 0. The lowest BCUT2D eigenvalue weighted by atomic mass is 10.2. The Labute approximate surface area is 97.8 Å². The molecule has 0 aromatic carbocycles. The van der Waals surface area contributed by atoms with Crippen LogP contribution in [-0.4, -0.2) is 29.5 Å². The van der Waals surface area contributed by atoms with Gasteiger partial charge in [-0.3, -0.25) is 4.79 Å². The maximum absolute atomic E-state index is 11.2. The van der Waals surface area contributed by atoms with Crippen molar-refractivity contribution in [2.45, 2.75) is 25.1 Å². The minimum absolute atomic E-state index is 0.0666. The van der Waals surface area contributed by atoms with Crippen molar-refractivity contribution in [3.8, 4) is 0 Å². The predicted octanol–water partition coefficient (Wildman–Crippen LogP) is 1.82. The Balaban J connectivity index is 3.64. The Hall–Kier alpha value is -0.840. The van der Waals surface area contributed by atoms with Gasteiger partial charge in [-0.2, -0.15) is 0 Å². The van der Waals surface area contributed by atoms with Crippen molar-refractivity contribution < 1.29 is 19.1 Å². The maximum Gasteiger partial charge on any atom is 0.330 e. The number of halogens is 1. The Bertz CT molecular complexity index is 253. The van der Waals surface area contributed by atoms with Crippen molar-refractivity contribution >= 4 is 27.9 Å². The molecule has 15 heavy (non-hydrogen) atoms. The van der Waals surface area contributed by atoms with Gasteiger partial charge in [0.05, 0.1) is 0 Å². The molecule has 0 saturated carbocycles. The lowest BCUT2D eigenvalue weighted by Crippen LogP contribution is -2.28. The van der Waals surface area contributed by atoms with Crippen LogP contribution in [0.5, 0.6) is 0 Å². The van der Waals surface area contributed by atoms with E-state index in [0.29, 0.717) is 0 Å². The van der Waals surface area contributed by atoms with Crippen LogP contribution in [0.1, 0.15) is 20.8 Å². The van der Waals surface area contributed by atoms with E-state index in [9.17, 15) is 9.59 Å². The van der Waals surface area contributed by atoms with Crippen molar-refractivity contribution in [3.63, 3.8) is 0 Å². The van der Waals surface area contributed by atoms with Crippen LogP contribution in [-0.2, 0) is 19.1 Å². The van der Waals surface area contributed by atoms with Crippen LogP contribution >= 0.6 is 15.9 Å². The maximum atomic E-state index is 11.2. The van der Waals surface area contributed by atoms with Crippen LogP contribution in [0.3, 0.4) is 0 Å². The van der Waals surface area contributed by atoms with Gasteiger partial charge in [0.25, 0.3) is 0 Å². The first-order valence-corrected chi connectivity index (χ1v) is 5.33. The van der Waals surface area contributed by atoms with Gasteiger partial charge in [-0.05, 0) is 20.8 Å². The number of alkyl halides is 1. The molecule has 0 N–H and O–H groups in total. The first-order valence-electron chi connectivity index (χ1n) is 4.53. The molecule has 0 aliphatic heterocycles. The summed E-state index contributed by atoms with van der Waals surface area (Å²) >= 11 is 3.16. The third-order valence-electron chi connectivity index (χ3n) is 1.35. The third-order valence-corrected chi connectivity index (χ3v) is 1.67. The van der Waals surface area contributed by atoms with Gasteiger partial charge in [-0.25, -0.2) is 4.79 Å². The Kier molecular flexibility index (Phi) is 6.24. The zero-order valence-electron chi connectivity index (χ0n) is 9.08. The van der Waals surface area contributed by atoms with Crippen LogP contribution in [0.15, 0.2) is 12.2 Å². The van der Waals surface area contributed by atoms with Gasteiger partial charge in [-0.1, -0.05) is 22.0 Å². The second kappa shape index (κ2) is 6.61. The second-order valence-electron chi connectivity index (χ2n) is 3.28. The van der Waals surface area contributed by atoms with E-state index in [2.05, 4.69) is 15.9 Å². The fourth-order valence-corrected chi connectivity index (χ4v) is 0.747. The Morgan fingerprint density at radius 2 is 1.80 bits per heavy atom. The molecule has 0 aromatic heterocycles. The van der Waals surface area contributed by atoms with E-state index in [0.717, 1.165) is 0 Å². The van der Waals surface area contributed by atoms with Crippen LogP contribution in [0.4, 0.5) is 0 Å². The van der Waals surface area contributed by atoms with Crippen molar-refractivity contribution in [2.75, 3.05) is 13.2 Å². The van der Waals surface area contributed by atoms with Gasteiger partial charge in [0.1, 0.15) is 17.5 Å². The molecule has 86 valence electrons. The first-order chi connectivity index (χ1) is 6.88. The molecule has 0 aliphatic carbocycles. The summed E-state index contributed by atoms with van der Waals surface area (Å²) < 4.78 is 8.87. The molecule has 0 amide bonds. The summed E-state index contributed by atoms with van der Waals surface area (Å²) in [6.45, 7) is 5.21. The number of rotatable bonds is 5. The lowest BCUT2D eigenvalue weighted by Gasteiger charge is -2.14. The van der Waals surface area contributed by atoms with E-state index in [1.54, 1.807) is 26.8 Å². The van der Waals surface area contributed by atoms with E-state index in [4.69, 9.17) is 9.47 Å². The van der Waals surface area contributed by atoms with Crippen LogP contribution < -0.4 is 0 Å². The largest absolute Gasteiger partial charge is 0.461 e. The molecule has 4 nitrogen and oxygen atoms in total. The fraction of sp³-hybridized carbons (Fsp3) is 0.600. The van der Waals surface area contributed by atoms with Gasteiger partial charge in [0.15, 0.2) is 0 Å². The average molecular weight is 279 g/mol. The van der Waals surface area contributed by atoms with Crippen molar-refractivity contribution in [1.29, 1.82) is 0 Å². The molecule has 0 aliphatic rings. The molecule has 0 fully saturated rings. The van der Waals surface area contributed by atoms with Gasteiger partial charge in [0.2, 0.25) is 0 Å². The molecule has 0 radical (unpaired) electrons. The van der Waals surface area contributed by atoms with E-state index >= 15 is 0 Å². The van der Waals surface area contributed by atoms with E-state index in [1.165, 1.54) is 6.08 Å². The van der Waals surface area contributed by atoms with Crippen LogP contribution in [0, 0.1) is 0 Å². The highest BCUT2D eigenvalue weighted by molar-refractivity contribution is 9.10. The highest BCUT2D eigenvalue weighted by atomic mass is 79.9. The molecule has 0 rings (SSSR count). The smallest absolute Gasteiger partial charge is 0.330 e. The lowest BCUT2D eigenvalue weighted by molar-refractivity contribution is -0.150. The monoisotopic (exact) mass is 278 g/mol. The molecule has 0 unspecified atom stereocenters. The summed E-state index contributed by atoms with van der Waals surface area (Å²) in [6, 6.07) is 0. The highest BCUT2D eigenvalue weighted by Crippen LogP contribution is 2.17. The number of hydrogen-bond donors (Lipinski definition) is 0. The normalized spacial score (nSPS) is 11.5. The van der Waals surface area contributed by atoms with Crippen molar-refractivity contribution in [2.24, 2.45) is 0 Å². The summed E-state index contributed by atoms with van der Waals surface area (Å²) in [5.74, 6) is -0.823. The number of ether oxygens (including phenoxy) is 2. The van der Waals surface area contributed by atoms with E-state index < -0.39 is 10.3 Å². The Morgan fingerprint density at radius 3 is 2.27 bits per heavy atom. The topological polar surface area (TPSA) is 52.6 Å². The SMILES string of the molecule is CC=CC(=O)OCCOC(=O)C(C)(C)Br. The van der Waals surface area contributed by atoms with Gasteiger partial charge < -0.3 is 9.47 Å². The highest BCUT2D eigenvalue weighted by Gasteiger charge is 2.25. The molecule has 0 saturated heterocycles. The summed E-state index contributed by atoms with van der Waals surface area (Å²) in [4.78, 5) is 22.0. The molecular weight excluding hydrogens is 264 g/mol. The molecule has 0 heterocycles. The Morgan fingerprint density at radius 1 is 1.27 bits per heavy atom. The zero-order chi connectivity index (χ0) is 11.9. The van der Waals surface area contributed by atoms with Gasteiger partial charge >= 0.3 is 11.9 Å². The van der Waals surface area contributed by atoms with Crippen molar-refractivity contribution in [3.05, 3.63) is 12.2 Å². The average Bonchev–Trinajstić information content (AvgIpc) is 2.11. The second-order valence-corrected chi connectivity index (χ2v) is 5.26. The van der Waals surface area contributed by atoms with Crippen LogP contribution in [0.2, 0.25) is 0 Å². The van der Waals surface area contributed by atoms with Crippen LogP contribution in [0.25, 0.3) is 0 Å².